The molecule has 0 aromatic heterocycles. The summed E-state index contributed by atoms with van der Waals surface area (Å²) >= 11 is 0. The van der Waals surface area contributed by atoms with Gasteiger partial charge in [0.05, 0.1) is 6.61 Å². The Kier molecular flexibility index (Phi) is 3.09. The summed E-state index contributed by atoms with van der Waals surface area (Å²) in [5.41, 5.74) is 0. The van der Waals surface area contributed by atoms with E-state index in [1.54, 1.807) is 0 Å². The van der Waals surface area contributed by atoms with E-state index in [1.807, 2.05) is 0 Å². The maximum absolute atomic E-state index is 5.57. The number of hydrogen-bond acceptors (Lipinski definition) is 2. The molecule has 1 atom stereocenters. The molecule has 1 aliphatic rings. The highest BCUT2D eigenvalue weighted by Crippen LogP contribution is 2.46. The Labute approximate surface area is 64.4 Å². The van der Waals surface area contributed by atoms with Crippen LogP contribution in [0.4, 0.5) is 0 Å². The Bertz CT molecular complexity index is 108. The average molecular weight is 161 g/mol. The average Bonchev–Trinajstić information content (AvgIpc) is 2.33. The van der Waals surface area contributed by atoms with Crippen molar-refractivity contribution in [1.82, 2.24) is 4.67 Å². The Morgan fingerprint density at radius 3 is 2.70 bits per heavy atom. The van der Waals surface area contributed by atoms with E-state index >= 15 is 0 Å². The minimum atomic E-state index is -0.212. The van der Waals surface area contributed by atoms with E-state index in [-0.39, 0.29) is 8.30 Å². The second-order valence-corrected chi connectivity index (χ2v) is 4.87. The lowest BCUT2D eigenvalue weighted by atomic mass is 10.4. The van der Waals surface area contributed by atoms with E-state index < -0.39 is 0 Å². The van der Waals surface area contributed by atoms with Crippen LogP contribution < -0.4 is 0 Å². The summed E-state index contributed by atoms with van der Waals surface area (Å²) in [5.74, 6) is 0. The highest BCUT2D eigenvalue weighted by atomic mass is 31.2. The summed E-state index contributed by atoms with van der Waals surface area (Å²) in [7, 11) is -0.212. The maximum Gasteiger partial charge on any atom is 0.104 e. The van der Waals surface area contributed by atoms with Crippen molar-refractivity contribution < 1.29 is 4.52 Å². The fraction of sp³-hybridized carbons (Fsp3) is 1.00. The maximum atomic E-state index is 5.57. The smallest absolute Gasteiger partial charge is 0.104 e. The molecule has 0 amide bonds. The third-order valence-corrected chi connectivity index (χ3v) is 3.97. The second-order valence-electron chi connectivity index (χ2n) is 2.76. The van der Waals surface area contributed by atoms with Crippen LogP contribution >= 0.6 is 8.30 Å². The minimum Gasteiger partial charge on any atom is -0.342 e. The molecule has 0 N–H and O–H groups in total. The van der Waals surface area contributed by atoms with Gasteiger partial charge < -0.3 is 4.52 Å². The predicted molar refractivity (Wildman–Crippen MR) is 45.3 cm³/mol. The molecule has 0 spiro atoms. The number of rotatable bonds is 2. The summed E-state index contributed by atoms with van der Waals surface area (Å²) in [6.45, 7) is 8.75. The van der Waals surface area contributed by atoms with E-state index in [1.165, 1.54) is 6.16 Å². The molecule has 0 saturated carbocycles. The van der Waals surface area contributed by atoms with Crippen LogP contribution in [-0.2, 0) is 4.52 Å². The zero-order valence-electron chi connectivity index (χ0n) is 7.00. The number of nitrogens with zero attached hydrogens (tertiary/aromatic N) is 1. The first-order valence-electron chi connectivity index (χ1n) is 3.92. The van der Waals surface area contributed by atoms with Crippen molar-refractivity contribution in [3.8, 4) is 0 Å². The topological polar surface area (TPSA) is 12.5 Å². The Hall–Kier alpha value is 0.350. The molecule has 0 radical (unpaired) electrons. The second kappa shape index (κ2) is 3.66. The molecule has 1 heterocycles. The molecule has 0 bridgehead atoms. The van der Waals surface area contributed by atoms with Gasteiger partial charge in [-0.2, -0.15) is 0 Å². The minimum absolute atomic E-state index is 0.212. The molecule has 1 aliphatic heterocycles. The van der Waals surface area contributed by atoms with Gasteiger partial charge in [-0.25, -0.2) is 0 Å². The van der Waals surface area contributed by atoms with Crippen LogP contribution in [0.2, 0.25) is 0 Å². The molecule has 1 saturated heterocycles. The SMILES string of the molecule is CCP1OCCN1C(C)C. The van der Waals surface area contributed by atoms with Gasteiger partial charge in [0, 0.05) is 18.7 Å². The van der Waals surface area contributed by atoms with Gasteiger partial charge in [-0.3, -0.25) is 4.67 Å². The van der Waals surface area contributed by atoms with Crippen molar-refractivity contribution in [2.75, 3.05) is 19.3 Å². The molecule has 60 valence electrons. The first kappa shape index (κ1) is 8.45. The Balaban J connectivity index is 2.42. The van der Waals surface area contributed by atoms with E-state index in [0.29, 0.717) is 6.04 Å². The molecule has 0 aliphatic carbocycles. The van der Waals surface area contributed by atoms with Crippen LogP contribution in [0, 0.1) is 0 Å². The van der Waals surface area contributed by atoms with Crippen LogP contribution in [-0.4, -0.2) is 30.0 Å². The van der Waals surface area contributed by atoms with Crippen LogP contribution in [0.25, 0.3) is 0 Å². The van der Waals surface area contributed by atoms with Crippen molar-refractivity contribution >= 4 is 8.30 Å². The Morgan fingerprint density at radius 1 is 1.60 bits per heavy atom. The van der Waals surface area contributed by atoms with Gasteiger partial charge in [0.2, 0.25) is 0 Å². The zero-order valence-corrected chi connectivity index (χ0v) is 7.90. The summed E-state index contributed by atoms with van der Waals surface area (Å²) in [6.07, 6.45) is 1.17. The quantitative estimate of drug-likeness (QED) is 0.575. The molecule has 0 aromatic rings. The first-order valence-corrected chi connectivity index (χ1v) is 5.32. The predicted octanol–water partition coefficient (Wildman–Crippen LogP) is 2.06. The van der Waals surface area contributed by atoms with Gasteiger partial charge in [-0.1, -0.05) is 6.92 Å². The van der Waals surface area contributed by atoms with Crippen LogP contribution in [0.5, 0.6) is 0 Å². The van der Waals surface area contributed by atoms with E-state index in [0.717, 1.165) is 13.2 Å². The van der Waals surface area contributed by atoms with Crippen molar-refractivity contribution in [3.05, 3.63) is 0 Å². The molecular formula is C7H16NOP. The van der Waals surface area contributed by atoms with Crippen molar-refractivity contribution in [3.63, 3.8) is 0 Å². The molecular weight excluding hydrogens is 145 g/mol. The van der Waals surface area contributed by atoms with Gasteiger partial charge in [-0.15, -0.1) is 0 Å². The third-order valence-electron chi connectivity index (χ3n) is 1.71. The number of hydrogen-bond donors (Lipinski definition) is 0. The van der Waals surface area contributed by atoms with Crippen LogP contribution in [0.3, 0.4) is 0 Å². The largest absolute Gasteiger partial charge is 0.342 e. The monoisotopic (exact) mass is 161 g/mol. The highest BCUT2D eigenvalue weighted by Gasteiger charge is 2.25. The highest BCUT2D eigenvalue weighted by molar-refractivity contribution is 7.50. The summed E-state index contributed by atoms with van der Waals surface area (Å²) < 4.78 is 8.03. The summed E-state index contributed by atoms with van der Waals surface area (Å²) in [5, 5.41) is 0. The fourth-order valence-corrected chi connectivity index (χ4v) is 3.02. The molecule has 1 rings (SSSR count). The normalized spacial score (nSPS) is 28.2. The molecule has 1 unspecified atom stereocenters. The van der Waals surface area contributed by atoms with Gasteiger partial charge in [0.25, 0.3) is 0 Å². The van der Waals surface area contributed by atoms with Gasteiger partial charge in [0.1, 0.15) is 8.30 Å². The zero-order chi connectivity index (χ0) is 7.56. The van der Waals surface area contributed by atoms with Gasteiger partial charge in [0.15, 0.2) is 0 Å². The molecule has 1 fully saturated rings. The van der Waals surface area contributed by atoms with Crippen molar-refractivity contribution in [2.45, 2.75) is 26.8 Å². The van der Waals surface area contributed by atoms with E-state index in [2.05, 4.69) is 25.4 Å². The molecule has 0 aromatic carbocycles. The lowest BCUT2D eigenvalue weighted by Crippen LogP contribution is -2.23. The van der Waals surface area contributed by atoms with E-state index in [4.69, 9.17) is 4.52 Å². The van der Waals surface area contributed by atoms with Crippen LogP contribution in [0.1, 0.15) is 20.8 Å². The molecule has 2 nitrogen and oxygen atoms in total. The standard InChI is InChI=1S/C7H16NOP/c1-4-10-8(7(2)3)5-6-9-10/h7H,4-6H2,1-3H3. The first-order chi connectivity index (χ1) is 4.75. The van der Waals surface area contributed by atoms with Gasteiger partial charge in [-0.05, 0) is 13.8 Å². The fourth-order valence-electron chi connectivity index (χ4n) is 1.21. The van der Waals surface area contributed by atoms with Crippen molar-refractivity contribution in [2.24, 2.45) is 0 Å². The Morgan fingerprint density at radius 2 is 2.30 bits per heavy atom. The van der Waals surface area contributed by atoms with Crippen molar-refractivity contribution in [1.29, 1.82) is 0 Å². The molecule has 3 heteroatoms. The van der Waals surface area contributed by atoms with Gasteiger partial charge >= 0.3 is 0 Å². The summed E-state index contributed by atoms with van der Waals surface area (Å²) in [4.78, 5) is 0. The van der Waals surface area contributed by atoms with E-state index in [9.17, 15) is 0 Å². The third kappa shape index (κ3) is 1.69. The lowest BCUT2D eigenvalue weighted by Gasteiger charge is -2.24. The molecule has 10 heavy (non-hydrogen) atoms. The summed E-state index contributed by atoms with van der Waals surface area (Å²) in [6, 6.07) is 0.661. The van der Waals surface area contributed by atoms with Crippen LogP contribution in [0.15, 0.2) is 0 Å². The lowest BCUT2D eigenvalue weighted by molar-refractivity contribution is 0.377.